The third kappa shape index (κ3) is 4.67. The van der Waals surface area contributed by atoms with Crippen molar-refractivity contribution in [2.24, 2.45) is 10.4 Å². The van der Waals surface area contributed by atoms with Crippen molar-refractivity contribution in [3.8, 4) is 0 Å². The number of hydrogen-bond acceptors (Lipinski definition) is 2. The molecule has 1 aliphatic heterocycles. The number of hydrogen-bond donors (Lipinski definition) is 1. The van der Waals surface area contributed by atoms with Gasteiger partial charge in [0.15, 0.2) is 5.96 Å². The van der Waals surface area contributed by atoms with Gasteiger partial charge in [0, 0.05) is 45.6 Å². The van der Waals surface area contributed by atoms with Gasteiger partial charge in [-0.05, 0) is 11.8 Å². The zero-order valence-corrected chi connectivity index (χ0v) is 14.3. The monoisotopic (exact) mass is 377 g/mol. The number of aliphatic imine (C=N–C) groups is 1. The normalized spacial score (nSPS) is 18.3. The summed E-state index contributed by atoms with van der Waals surface area (Å²) in [7, 11) is 1.85. The van der Waals surface area contributed by atoms with E-state index in [4.69, 9.17) is 0 Å². The molecule has 1 aliphatic rings. The van der Waals surface area contributed by atoms with E-state index in [1.165, 1.54) is 6.42 Å². The summed E-state index contributed by atoms with van der Waals surface area (Å²) in [5.74, 6) is 1.01. The minimum atomic E-state index is 0. The van der Waals surface area contributed by atoms with Crippen LogP contribution in [0.2, 0.25) is 0 Å². The lowest BCUT2D eigenvalue weighted by Crippen LogP contribution is -2.41. The summed E-state index contributed by atoms with van der Waals surface area (Å²) < 4.78 is 2.06. The standard InChI is InChI=1S/C13H23N5.HI/c1-13(2)4-7-18(10-13)12(14-3)16-6-9-17-8-5-15-11-17;/h5,8,11H,4,6-7,9-10H2,1-3H3,(H,14,16);1H. The van der Waals surface area contributed by atoms with E-state index < -0.39 is 0 Å². The summed E-state index contributed by atoms with van der Waals surface area (Å²) >= 11 is 0. The van der Waals surface area contributed by atoms with Crippen LogP contribution in [0.25, 0.3) is 0 Å². The van der Waals surface area contributed by atoms with Gasteiger partial charge in [-0.15, -0.1) is 24.0 Å². The van der Waals surface area contributed by atoms with Gasteiger partial charge in [0.2, 0.25) is 0 Å². The molecular weight excluding hydrogens is 353 g/mol. The largest absolute Gasteiger partial charge is 0.354 e. The van der Waals surface area contributed by atoms with Gasteiger partial charge in [0.25, 0.3) is 0 Å². The predicted octanol–water partition coefficient (Wildman–Crippen LogP) is 1.81. The summed E-state index contributed by atoms with van der Waals surface area (Å²) in [5, 5.41) is 3.41. The molecule has 1 aromatic heterocycles. The van der Waals surface area contributed by atoms with Crippen molar-refractivity contribution in [2.75, 3.05) is 26.7 Å². The maximum atomic E-state index is 4.36. The van der Waals surface area contributed by atoms with Gasteiger partial charge in [0.05, 0.1) is 6.33 Å². The van der Waals surface area contributed by atoms with Gasteiger partial charge in [-0.3, -0.25) is 4.99 Å². The van der Waals surface area contributed by atoms with Gasteiger partial charge in [-0.25, -0.2) is 4.98 Å². The molecule has 0 aromatic carbocycles. The van der Waals surface area contributed by atoms with Crippen LogP contribution in [0.1, 0.15) is 20.3 Å². The summed E-state index contributed by atoms with van der Waals surface area (Å²) in [4.78, 5) is 10.7. The number of aromatic nitrogens is 2. The lowest BCUT2D eigenvalue weighted by Gasteiger charge is -2.23. The first kappa shape index (κ1) is 16.3. The highest BCUT2D eigenvalue weighted by molar-refractivity contribution is 14.0. The molecule has 5 nitrogen and oxygen atoms in total. The molecule has 1 fully saturated rings. The number of nitrogens with zero attached hydrogens (tertiary/aromatic N) is 4. The second-order valence-electron chi connectivity index (χ2n) is 5.61. The van der Waals surface area contributed by atoms with Crippen LogP contribution in [0.4, 0.5) is 0 Å². The molecule has 1 N–H and O–H groups in total. The Kier molecular flexibility index (Phi) is 6.09. The van der Waals surface area contributed by atoms with E-state index in [0.29, 0.717) is 5.41 Å². The van der Waals surface area contributed by atoms with Crippen molar-refractivity contribution < 1.29 is 0 Å². The Morgan fingerprint density at radius 2 is 2.26 bits per heavy atom. The highest BCUT2D eigenvalue weighted by Crippen LogP contribution is 2.28. The molecule has 0 bridgehead atoms. The highest BCUT2D eigenvalue weighted by Gasteiger charge is 2.30. The van der Waals surface area contributed by atoms with E-state index in [0.717, 1.165) is 32.1 Å². The molecule has 108 valence electrons. The summed E-state index contributed by atoms with van der Waals surface area (Å²) in [6, 6.07) is 0. The van der Waals surface area contributed by atoms with Crippen molar-refractivity contribution in [1.29, 1.82) is 0 Å². The van der Waals surface area contributed by atoms with Crippen LogP contribution in [0.15, 0.2) is 23.7 Å². The van der Waals surface area contributed by atoms with E-state index in [9.17, 15) is 0 Å². The van der Waals surface area contributed by atoms with E-state index >= 15 is 0 Å². The van der Waals surface area contributed by atoms with Gasteiger partial charge >= 0.3 is 0 Å². The zero-order valence-electron chi connectivity index (χ0n) is 12.0. The molecule has 6 heteroatoms. The lowest BCUT2D eigenvalue weighted by molar-refractivity contribution is 0.370. The Morgan fingerprint density at radius 3 is 2.79 bits per heavy atom. The van der Waals surface area contributed by atoms with Crippen molar-refractivity contribution >= 4 is 29.9 Å². The third-order valence-electron chi connectivity index (χ3n) is 3.40. The van der Waals surface area contributed by atoms with Crippen molar-refractivity contribution in [3.05, 3.63) is 18.7 Å². The summed E-state index contributed by atoms with van der Waals surface area (Å²) in [6.07, 6.45) is 6.85. The smallest absolute Gasteiger partial charge is 0.193 e. The van der Waals surface area contributed by atoms with Gasteiger partial charge < -0.3 is 14.8 Å². The minimum absolute atomic E-state index is 0. The number of rotatable bonds is 3. The SMILES string of the molecule is CN=C(NCCn1ccnc1)N1CCC(C)(C)C1.I. The second kappa shape index (κ2) is 7.12. The summed E-state index contributed by atoms with van der Waals surface area (Å²) in [5.41, 5.74) is 0.405. The number of likely N-dealkylation sites (tertiary alicyclic amines) is 1. The topological polar surface area (TPSA) is 45.5 Å². The van der Waals surface area contributed by atoms with Crippen LogP contribution in [-0.2, 0) is 6.54 Å². The summed E-state index contributed by atoms with van der Waals surface area (Å²) in [6.45, 7) is 8.59. The average molecular weight is 377 g/mol. The average Bonchev–Trinajstić information content (AvgIpc) is 2.94. The van der Waals surface area contributed by atoms with E-state index in [1.54, 1.807) is 6.20 Å². The van der Waals surface area contributed by atoms with E-state index in [2.05, 4.69) is 38.6 Å². The molecule has 0 atom stereocenters. The molecule has 0 radical (unpaired) electrons. The van der Waals surface area contributed by atoms with Crippen LogP contribution in [0, 0.1) is 5.41 Å². The van der Waals surface area contributed by atoms with Crippen molar-refractivity contribution in [3.63, 3.8) is 0 Å². The Labute approximate surface area is 132 Å². The third-order valence-corrected chi connectivity index (χ3v) is 3.40. The molecule has 1 saturated heterocycles. The number of imidazole rings is 1. The molecule has 19 heavy (non-hydrogen) atoms. The van der Waals surface area contributed by atoms with Crippen LogP contribution in [0.3, 0.4) is 0 Å². The van der Waals surface area contributed by atoms with E-state index in [-0.39, 0.29) is 24.0 Å². The molecule has 0 saturated carbocycles. The van der Waals surface area contributed by atoms with Gasteiger partial charge in [0.1, 0.15) is 0 Å². The lowest BCUT2D eigenvalue weighted by atomic mass is 9.93. The van der Waals surface area contributed by atoms with Gasteiger partial charge in [-0.2, -0.15) is 0 Å². The number of guanidine groups is 1. The zero-order chi connectivity index (χ0) is 13.0. The molecule has 2 rings (SSSR count). The van der Waals surface area contributed by atoms with E-state index in [1.807, 2.05) is 19.6 Å². The molecule has 0 unspecified atom stereocenters. The maximum absolute atomic E-state index is 4.36. The second-order valence-corrected chi connectivity index (χ2v) is 5.61. The highest BCUT2D eigenvalue weighted by atomic mass is 127. The number of halogens is 1. The first-order chi connectivity index (χ1) is 8.61. The number of nitrogens with one attached hydrogen (secondary N) is 1. The molecule has 1 aromatic rings. The Balaban J connectivity index is 0.00000180. The molecule has 0 spiro atoms. The van der Waals surface area contributed by atoms with Gasteiger partial charge in [-0.1, -0.05) is 13.8 Å². The predicted molar refractivity (Wildman–Crippen MR) is 89.0 cm³/mol. The first-order valence-corrected chi connectivity index (χ1v) is 6.52. The Bertz CT molecular complexity index is 399. The quantitative estimate of drug-likeness (QED) is 0.497. The fourth-order valence-corrected chi connectivity index (χ4v) is 2.34. The first-order valence-electron chi connectivity index (χ1n) is 6.52. The minimum Gasteiger partial charge on any atom is -0.354 e. The van der Waals surface area contributed by atoms with Crippen LogP contribution >= 0.6 is 24.0 Å². The van der Waals surface area contributed by atoms with Crippen LogP contribution in [0.5, 0.6) is 0 Å². The van der Waals surface area contributed by atoms with Crippen molar-refractivity contribution in [1.82, 2.24) is 19.8 Å². The van der Waals surface area contributed by atoms with Crippen molar-refractivity contribution in [2.45, 2.75) is 26.8 Å². The Morgan fingerprint density at radius 1 is 1.47 bits per heavy atom. The van der Waals surface area contributed by atoms with Crippen LogP contribution < -0.4 is 5.32 Å². The fraction of sp³-hybridized carbons (Fsp3) is 0.692. The molecule has 0 amide bonds. The molecular formula is C13H24IN5. The van der Waals surface area contributed by atoms with Crippen LogP contribution in [-0.4, -0.2) is 47.1 Å². The fourth-order valence-electron chi connectivity index (χ4n) is 2.34. The molecule has 2 heterocycles. The Hall–Kier alpha value is -0.790. The maximum Gasteiger partial charge on any atom is 0.193 e. The molecule has 0 aliphatic carbocycles.